The molecule has 4 heteroatoms. The zero-order valence-electron chi connectivity index (χ0n) is 7.02. The third-order valence-electron chi connectivity index (χ3n) is 2.77. The van der Waals surface area contributed by atoms with E-state index >= 15 is 0 Å². The van der Waals surface area contributed by atoms with Gasteiger partial charge in [0.2, 0.25) is 0 Å². The molecule has 2 saturated heterocycles. The molecule has 1 N–H and O–H groups in total. The molecule has 0 aromatic rings. The highest BCUT2D eigenvalue weighted by Crippen LogP contribution is 2.31. The first-order chi connectivity index (χ1) is 5.67. The van der Waals surface area contributed by atoms with Gasteiger partial charge in [-0.05, 0) is 0 Å². The van der Waals surface area contributed by atoms with Gasteiger partial charge in [0.1, 0.15) is 0 Å². The number of hydrogen-bond acceptors (Lipinski definition) is 2. The number of piperazine rings is 1. The first-order valence-corrected chi connectivity index (χ1v) is 4.50. The van der Waals surface area contributed by atoms with E-state index in [0.717, 1.165) is 19.6 Å². The SMILES string of the molecule is FC1(F)CCN2CCNC[C@@H]2C1. The van der Waals surface area contributed by atoms with Crippen LogP contribution in [0, 0.1) is 0 Å². The zero-order chi connectivity index (χ0) is 8.60. The summed E-state index contributed by atoms with van der Waals surface area (Å²) in [5.74, 6) is -2.42. The number of alkyl halides is 2. The van der Waals surface area contributed by atoms with Gasteiger partial charge in [0.25, 0.3) is 5.92 Å². The van der Waals surface area contributed by atoms with Crippen LogP contribution in [-0.2, 0) is 0 Å². The monoisotopic (exact) mass is 176 g/mol. The minimum absolute atomic E-state index is 0.0417. The van der Waals surface area contributed by atoms with Gasteiger partial charge in [0, 0.05) is 45.1 Å². The molecule has 0 aromatic heterocycles. The topological polar surface area (TPSA) is 15.3 Å². The smallest absolute Gasteiger partial charge is 0.250 e. The maximum atomic E-state index is 12.9. The van der Waals surface area contributed by atoms with Gasteiger partial charge in [-0.15, -0.1) is 0 Å². The standard InChI is InChI=1S/C8H14F2N2/c9-8(10)1-3-12-4-2-11-6-7(12)5-8/h7,11H,1-6H2/t7-/m0/s1. The Labute approximate surface area is 70.9 Å². The lowest BCUT2D eigenvalue weighted by Crippen LogP contribution is -2.56. The molecule has 0 aromatic carbocycles. The fourth-order valence-corrected chi connectivity index (χ4v) is 2.05. The Morgan fingerprint density at radius 1 is 1.33 bits per heavy atom. The third kappa shape index (κ3) is 1.59. The largest absolute Gasteiger partial charge is 0.314 e. The Morgan fingerprint density at radius 2 is 2.17 bits per heavy atom. The lowest BCUT2D eigenvalue weighted by atomic mass is 9.97. The number of nitrogens with zero attached hydrogens (tertiary/aromatic N) is 1. The van der Waals surface area contributed by atoms with Crippen LogP contribution in [-0.4, -0.2) is 43.0 Å². The van der Waals surface area contributed by atoms with Gasteiger partial charge in [0.15, 0.2) is 0 Å². The predicted octanol–water partition coefficient (Wildman–Crippen LogP) is 0.689. The summed E-state index contributed by atoms with van der Waals surface area (Å²) in [6.07, 6.45) is 0.0868. The van der Waals surface area contributed by atoms with E-state index in [1.165, 1.54) is 0 Å². The lowest BCUT2D eigenvalue weighted by Gasteiger charge is -2.42. The zero-order valence-corrected chi connectivity index (χ0v) is 7.02. The Balaban J connectivity index is 1.99. The van der Waals surface area contributed by atoms with E-state index in [1.807, 2.05) is 0 Å². The molecular formula is C8H14F2N2. The van der Waals surface area contributed by atoms with Crippen LogP contribution in [0.5, 0.6) is 0 Å². The number of fused-ring (bicyclic) bond motifs is 1. The summed E-state index contributed by atoms with van der Waals surface area (Å²) in [5.41, 5.74) is 0. The Morgan fingerprint density at radius 3 is 3.00 bits per heavy atom. The highest BCUT2D eigenvalue weighted by molar-refractivity contribution is 4.89. The van der Waals surface area contributed by atoms with Crippen LogP contribution in [0.25, 0.3) is 0 Å². The highest BCUT2D eigenvalue weighted by Gasteiger charge is 2.40. The molecule has 2 rings (SSSR count). The van der Waals surface area contributed by atoms with E-state index in [-0.39, 0.29) is 18.9 Å². The third-order valence-corrected chi connectivity index (χ3v) is 2.77. The average molecular weight is 176 g/mol. The molecular weight excluding hydrogens is 162 g/mol. The van der Waals surface area contributed by atoms with E-state index in [1.54, 1.807) is 0 Å². The molecule has 0 aliphatic carbocycles. The Kier molecular flexibility index (Phi) is 2.04. The number of hydrogen-bond donors (Lipinski definition) is 1. The van der Waals surface area contributed by atoms with Crippen LogP contribution in [0.3, 0.4) is 0 Å². The van der Waals surface area contributed by atoms with Crippen LogP contribution < -0.4 is 5.32 Å². The van der Waals surface area contributed by atoms with Gasteiger partial charge < -0.3 is 5.32 Å². The second kappa shape index (κ2) is 2.92. The summed E-state index contributed by atoms with van der Waals surface area (Å²) in [6.45, 7) is 3.18. The molecule has 0 saturated carbocycles. The maximum Gasteiger partial charge on any atom is 0.250 e. The van der Waals surface area contributed by atoms with E-state index in [4.69, 9.17) is 0 Å². The molecule has 2 aliphatic rings. The number of nitrogens with one attached hydrogen (secondary N) is 1. The Bertz CT molecular complexity index is 172. The van der Waals surface area contributed by atoms with Gasteiger partial charge in [-0.2, -0.15) is 0 Å². The normalized spacial score (nSPS) is 36.0. The first kappa shape index (κ1) is 8.38. The summed E-state index contributed by atoms with van der Waals surface area (Å²) in [7, 11) is 0. The van der Waals surface area contributed by atoms with Crippen molar-refractivity contribution in [2.75, 3.05) is 26.2 Å². The summed E-state index contributed by atoms with van der Waals surface area (Å²) in [5, 5.41) is 3.15. The van der Waals surface area contributed by atoms with Crippen molar-refractivity contribution in [3.8, 4) is 0 Å². The molecule has 1 atom stereocenters. The van der Waals surface area contributed by atoms with Crippen LogP contribution in [0.15, 0.2) is 0 Å². The Hall–Kier alpha value is -0.220. The fraction of sp³-hybridized carbons (Fsp3) is 1.00. The van der Waals surface area contributed by atoms with E-state index < -0.39 is 5.92 Å². The van der Waals surface area contributed by atoms with Crippen LogP contribution in [0.2, 0.25) is 0 Å². The van der Waals surface area contributed by atoms with E-state index in [2.05, 4.69) is 10.2 Å². The summed E-state index contributed by atoms with van der Waals surface area (Å²) in [4.78, 5) is 2.17. The molecule has 12 heavy (non-hydrogen) atoms. The van der Waals surface area contributed by atoms with Crippen molar-refractivity contribution in [3.63, 3.8) is 0 Å². The second-order valence-corrected chi connectivity index (χ2v) is 3.70. The van der Waals surface area contributed by atoms with E-state index in [9.17, 15) is 8.78 Å². The lowest BCUT2D eigenvalue weighted by molar-refractivity contribution is -0.0822. The molecule has 70 valence electrons. The van der Waals surface area contributed by atoms with Crippen LogP contribution >= 0.6 is 0 Å². The van der Waals surface area contributed by atoms with Crippen LogP contribution in [0.1, 0.15) is 12.8 Å². The van der Waals surface area contributed by atoms with Crippen LogP contribution in [0.4, 0.5) is 8.78 Å². The van der Waals surface area contributed by atoms with Crippen molar-refractivity contribution >= 4 is 0 Å². The summed E-state index contributed by atoms with van der Waals surface area (Å²) in [6, 6.07) is 0.0718. The number of halogens is 2. The van der Waals surface area contributed by atoms with E-state index in [0.29, 0.717) is 6.54 Å². The molecule has 2 nitrogen and oxygen atoms in total. The minimum atomic E-state index is -2.42. The van der Waals surface area contributed by atoms with Crippen molar-refractivity contribution in [2.45, 2.75) is 24.8 Å². The fourth-order valence-electron chi connectivity index (χ4n) is 2.05. The van der Waals surface area contributed by atoms with Gasteiger partial charge >= 0.3 is 0 Å². The van der Waals surface area contributed by atoms with Crippen molar-refractivity contribution in [2.24, 2.45) is 0 Å². The molecule has 0 bridgehead atoms. The quantitative estimate of drug-likeness (QED) is 0.584. The molecule has 2 fully saturated rings. The second-order valence-electron chi connectivity index (χ2n) is 3.70. The van der Waals surface area contributed by atoms with Crippen molar-refractivity contribution < 1.29 is 8.78 Å². The maximum absolute atomic E-state index is 12.9. The molecule has 0 unspecified atom stereocenters. The first-order valence-electron chi connectivity index (χ1n) is 4.50. The van der Waals surface area contributed by atoms with Gasteiger partial charge in [-0.25, -0.2) is 8.78 Å². The predicted molar refractivity (Wildman–Crippen MR) is 42.4 cm³/mol. The molecule has 0 amide bonds. The van der Waals surface area contributed by atoms with Crippen molar-refractivity contribution in [1.82, 2.24) is 10.2 Å². The van der Waals surface area contributed by atoms with Gasteiger partial charge in [0.05, 0.1) is 0 Å². The average Bonchev–Trinajstić information content (AvgIpc) is 2.02. The molecule has 2 aliphatic heterocycles. The molecule has 2 heterocycles. The molecule has 0 radical (unpaired) electrons. The molecule has 0 spiro atoms. The highest BCUT2D eigenvalue weighted by atomic mass is 19.3. The summed E-state index contributed by atoms with van der Waals surface area (Å²) < 4.78 is 25.8. The number of piperidine rings is 1. The van der Waals surface area contributed by atoms with Crippen molar-refractivity contribution in [3.05, 3.63) is 0 Å². The van der Waals surface area contributed by atoms with Gasteiger partial charge in [-0.3, -0.25) is 4.90 Å². The number of rotatable bonds is 0. The minimum Gasteiger partial charge on any atom is -0.314 e. The van der Waals surface area contributed by atoms with Gasteiger partial charge in [-0.1, -0.05) is 0 Å². The summed E-state index contributed by atoms with van der Waals surface area (Å²) >= 11 is 0. The van der Waals surface area contributed by atoms with Crippen molar-refractivity contribution in [1.29, 1.82) is 0 Å².